The number of thiazole rings is 1. The molecule has 0 radical (unpaired) electrons. The van der Waals surface area contributed by atoms with Crippen LogP contribution in [0.1, 0.15) is 35.8 Å². The van der Waals surface area contributed by atoms with E-state index in [9.17, 15) is 4.79 Å². The van der Waals surface area contributed by atoms with Crippen LogP contribution in [0.4, 0.5) is 0 Å². The summed E-state index contributed by atoms with van der Waals surface area (Å²) in [5.74, 6) is 0.0819. The highest BCUT2D eigenvalue weighted by molar-refractivity contribution is 7.11. The van der Waals surface area contributed by atoms with Gasteiger partial charge in [-0.2, -0.15) is 0 Å². The van der Waals surface area contributed by atoms with Crippen molar-refractivity contribution in [1.82, 2.24) is 15.6 Å². The first kappa shape index (κ1) is 12.5. The molecule has 0 saturated heterocycles. The third-order valence-corrected chi connectivity index (χ3v) is 4.08. The van der Waals surface area contributed by atoms with Crippen molar-refractivity contribution >= 4 is 17.2 Å². The van der Waals surface area contributed by atoms with Gasteiger partial charge in [0.1, 0.15) is 5.01 Å². The third kappa shape index (κ3) is 3.26. The normalized spacial score (nSPS) is 16.4. The summed E-state index contributed by atoms with van der Waals surface area (Å²) in [4.78, 5) is 17.6. The van der Waals surface area contributed by atoms with Crippen molar-refractivity contribution in [2.75, 3.05) is 6.54 Å². The van der Waals surface area contributed by atoms with Crippen LogP contribution in [-0.4, -0.2) is 23.5 Å². The van der Waals surface area contributed by atoms with E-state index in [1.54, 1.807) is 11.3 Å². The topological polar surface area (TPSA) is 54.0 Å². The Labute approximate surface area is 106 Å². The van der Waals surface area contributed by atoms with Gasteiger partial charge in [0, 0.05) is 30.4 Å². The van der Waals surface area contributed by atoms with Crippen LogP contribution < -0.4 is 10.6 Å². The SMILES string of the molecule is CCC(C)NC(=O)Cc1nc2c(s1)CNCC2. The second-order valence-corrected chi connectivity index (χ2v) is 5.63. The van der Waals surface area contributed by atoms with E-state index in [2.05, 4.69) is 22.5 Å². The predicted molar refractivity (Wildman–Crippen MR) is 69.1 cm³/mol. The lowest BCUT2D eigenvalue weighted by Crippen LogP contribution is -2.33. The van der Waals surface area contributed by atoms with Crippen molar-refractivity contribution < 1.29 is 4.79 Å². The molecule has 1 atom stereocenters. The van der Waals surface area contributed by atoms with E-state index in [0.29, 0.717) is 6.42 Å². The quantitative estimate of drug-likeness (QED) is 0.849. The Morgan fingerprint density at radius 2 is 2.47 bits per heavy atom. The zero-order valence-electron chi connectivity index (χ0n) is 10.4. The molecule has 1 aromatic heterocycles. The van der Waals surface area contributed by atoms with Crippen molar-refractivity contribution in [2.24, 2.45) is 0 Å². The first-order chi connectivity index (χ1) is 8.19. The molecular formula is C12H19N3OS. The highest BCUT2D eigenvalue weighted by Gasteiger charge is 2.16. The molecule has 0 aliphatic carbocycles. The Hall–Kier alpha value is -0.940. The summed E-state index contributed by atoms with van der Waals surface area (Å²) in [6.45, 7) is 5.99. The molecule has 1 unspecified atom stereocenters. The predicted octanol–water partition coefficient (Wildman–Crippen LogP) is 1.25. The van der Waals surface area contributed by atoms with Gasteiger partial charge in [-0.15, -0.1) is 11.3 Å². The first-order valence-electron chi connectivity index (χ1n) is 6.16. The molecule has 1 aromatic rings. The first-order valence-corrected chi connectivity index (χ1v) is 6.98. The number of nitrogens with zero attached hydrogens (tertiary/aromatic N) is 1. The number of carbonyl (C=O) groups excluding carboxylic acids is 1. The molecule has 0 spiro atoms. The zero-order chi connectivity index (χ0) is 12.3. The van der Waals surface area contributed by atoms with E-state index < -0.39 is 0 Å². The Morgan fingerprint density at radius 1 is 1.65 bits per heavy atom. The van der Waals surface area contributed by atoms with Crippen LogP contribution in [-0.2, 0) is 24.2 Å². The van der Waals surface area contributed by atoms with Gasteiger partial charge in [0.25, 0.3) is 0 Å². The highest BCUT2D eigenvalue weighted by atomic mass is 32.1. The molecule has 2 rings (SSSR count). The van der Waals surface area contributed by atoms with Crippen LogP contribution >= 0.6 is 11.3 Å². The lowest BCUT2D eigenvalue weighted by Gasteiger charge is -2.09. The lowest BCUT2D eigenvalue weighted by molar-refractivity contribution is -0.121. The molecule has 1 aliphatic rings. The number of hydrogen-bond acceptors (Lipinski definition) is 4. The fourth-order valence-corrected chi connectivity index (χ4v) is 2.90. The summed E-state index contributed by atoms with van der Waals surface area (Å²) in [5, 5.41) is 7.23. The highest BCUT2D eigenvalue weighted by Crippen LogP contribution is 2.21. The van der Waals surface area contributed by atoms with Crippen molar-refractivity contribution in [2.45, 2.75) is 45.7 Å². The summed E-state index contributed by atoms with van der Waals surface area (Å²) < 4.78 is 0. The maximum absolute atomic E-state index is 11.7. The van der Waals surface area contributed by atoms with Crippen LogP contribution in [0.25, 0.3) is 0 Å². The van der Waals surface area contributed by atoms with E-state index in [0.717, 1.165) is 30.9 Å². The van der Waals surface area contributed by atoms with Gasteiger partial charge in [-0.3, -0.25) is 4.79 Å². The molecule has 0 fully saturated rings. The Kier molecular flexibility index (Phi) is 4.12. The molecule has 1 aliphatic heterocycles. The summed E-state index contributed by atoms with van der Waals surface area (Å²) in [5.41, 5.74) is 1.18. The summed E-state index contributed by atoms with van der Waals surface area (Å²) in [7, 11) is 0. The van der Waals surface area contributed by atoms with Gasteiger partial charge in [-0.25, -0.2) is 4.98 Å². The number of fused-ring (bicyclic) bond motifs is 1. The molecule has 2 N–H and O–H groups in total. The van der Waals surface area contributed by atoms with Crippen molar-refractivity contribution in [3.63, 3.8) is 0 Å². The lowest BCUT2D eigenvalue weighted by atomic mass is 10.2. The molecule has 0 saturated carbocycles. The van der Waals surface area contributed by atoms with Crippen LogP contribution in [0.5, 0.6) is 0 Å². The van der Waals surface area contributed by atoms with Crippen LogP contribution in [0.15, 0.2) is 0 Å². The minimum absolute atomic E-state index is 0.0819. The molecule has 1 amide bonds. The second kappa shape index (κ2) is 5.60. The maximum atomic E-state index is 11.7. The monoisotopic (exact) mass is 253 g/mol. The Balaban J connectivity index is 1.94. The smallest absolute Gasteiger partial charge is 0.227 e. The van der Waals surface area contributed by atoms with E-state index >= 15 is 0 Å². The number of aromatic nitrogens is 1. The minimum Gasteiger partial charge on any atom is -0.353 e. The third-order valence-electron chi connectivity index (χ3n) is 2.98. The Morgan fingerprint density at radius 3 is 3.18 bits per heavy atom. The van der Waals surface area contributed by atoms with Crippen LogP contribution in [0.3, 0.4) is 0 Å². The summed E-state index contributed by atoms with van der Waals surface area (Å²) in [6, 6.07) is 0.249. The average molecular weight is 253 g/mol. The second-order valence-electron chi connectivity index (χ2n) is 4.46. The van der Waals surface area contributed by atoms with Crippen molar-refractivity contribution in [3.8, 4) is 0 Å². The standard InChI is InChI=1S/C12H19N3OS/c1-3-8(2)14-11(16)6-12-15-9-4-5-13-7-10(9)17-12/h8,13H,3-7H2,1-2H3,(H,14,16). The minimum atomic E-state index is 0.0819. The van der Waals surface area contributed by atoms with Gasteiger partial charge in [-0.1, -0.05) is 6.92 Å². The molecular weight excluding hydrogens is 234 g/mol. The van der Waals surface area contributed by atoms with Gasteiger partial charge in [-0.05, 0) is 13.3 Å². The summed E-state index contributed by atoms with van der Waals surface area (Å²) in [6.07, 6.45) is 2.37. The molecule has 17 heavy (non-hydrogen) atoms. The van der Waals surface area contributed by atoms with Crippen molar-refractivity contribution in [1.29, 1.82) is 0 Å². The fourth-order valence-electron chi connectivity index (χ4n) is 1.82. The molecule has 5 heteroatoms. The van der Waals surface area contributed by atoms with Crippen molar-refractivity contribution in [3.05, 3.63) is 15.6 Å². The van der Waals surface area contributed by atoms with Gasteiger partial charge in [0.15, 0.2) is 0 Å². The van der Waals surface area contributed by atoms with Gasteiger partial charge in [0.05, 0.1) is 12.1 Å². The molecule has 94 valence electrons. The van der Waals surface area contributed by atoms with E-state index in [1.807, 2.05) is 6.92 Å². The van der Waals surface area contributed by atoms with E-state index in [1.165, 1.54) is 10.6 Å². The molecule has 0 bridgehead atoms. The van der Waals surface area contributed by atoms with Gasteiger partial charge in [0.2, 0.25) is 5.91 Å². The van der Waals surface area contributed by atoms with Crippen LogP contribution in [0.2, 0.25) is 0 Å². The molecule has 2 heterocycles. The van der Waals surface area contributed by atoms with E-state index in [4.69, 9.17) is 0 Å². The number of nitrogens with one attached hydrogen (secondary N) is 2. The summed E-state index contributed by atoms with van der Waals surface area (Å²) >= 11 is 1.66. The fraction of sp³-hybridized carbons (Fsp3) is 0.667. The van der Waals surface area contributed by atoms with Gasteiger partial charge >= 0.3 is 0 Å². The molecule has 4 nitrogen and oxygen atoms in total. The molecule has 0 aromatic carbocycles. The zero-order valence-corrected chi connectivity index (χ0v) is 11.2. The average Bonchev–Trinajstić information content (AvgIpc) is 2.70. The largest absolute Gasteiger partial charge is 0.353 e. The Bertz CT molecular complexity index is 379. The van der Waals surface area contributed by atoms with Gasteiger partial charge < -0.3 is 10.6 Å². The number of hydrogen-bond donors (Lipinski definition) is 2. The number of amides is 1. The number of rotatable bonds is 4. The number of carbonyl (C=O) groups is 1. The van der Waals surface area contributed by atoms with Crippen LogP contribution in [0, 0.1) is 0 Å². The van der Waals surface area contributed by atoms with E-state index in [-0.39, 0.29) is 11.9 Å². The maximum Gasteiger partial charge on any atom is 0.227 e.